The number of amides is 1. The fourth-order valence-electron chi connectivity index (χ4n) is 3.13. The number of anilines is 1. The fourth-order valence-corrected chi connectivity index (χ4v) is 3.38. The van der Waals surface area contributed by atoms with Crippen molar-refractivity contribution in [3.8, 4) is 0 Å². The summed E-state index contributed by atoms with van der Waals surface area (Å²) < 4.78 is 0. The summed E-state index contributed by atoms with van der Waals surface area (Å²) in [5, 5.41) is 5.59. The van der Waals surface area contributed by atoms with Gasteiger partial charge in [-0.1, -0.05) is 35.9 Å². The third kappa shape index (κ3) is 2.96. The van der Waals surface area contributed by atoms with Gasteiger partial charge in [-0.05, 0) is 46.4 Å². The minimum absolute atomic E-state index is 0.0680. The number of benzene rings is 2. The standard InChI is InChI=1S/C20H16ClN3O/c21-18-3-1-2-13-9-15(10-17(13)18)20(25)24-11-12-4-5-16-14(8-12)6-7-23-19(16)22/h1-8,10H,9,11H2,(H2,22,23)(H,24,25). The average Bonchev–Trinajstić information content (AvgIpc) is 3.06. The lowest BCUT2D eigenvalue weighted by molar-refractivity contribution is -0.117. The Hall–Kier alpha value is -2.85. The van der Waals surface area contributed by atoms with Crippen LogP contribution in [0.5, 0.6) is 0 Å². The minimum atomic E-state index is -0.0680. The second kappa shape index (κ2) is 6.22. The summed E-state index contributed by atoms with van der Waals surface area (Å²) in [5.41, 5.74) is 9.65. The molecule has 1 aliphatic rings. The minimum Gasteiger partial charge on any atom is -0.383 e. The molecule has 1 aromatic heterocycles. The van der Waals surface area contributed by atoms with E-state index in [-0.39, 0.29) is 5.91 Å². The Morgan fingerprint density at radius 3 is 2.96 bits per heavy atom. The zero-order chi connectivity index (χ0) is 17.4. The van der Waals surface area contributed by atoms with Gasteiger partial charge in [0.05, 0.1) is 0 Å². The van der Waals surface area contributed by atoms with E-state index in [0.717, 1.165) is 33.0 Å². The second-order valence-corrected chi connectivity index (χ2v) is 6.50. The van der Waals surface area contributed by atoms with Gasteiger partial charge in [-0.3, -0.25) is 4.79 Å². The molecule has 0 saturated heterocycles. The molecule has 0 bridgehead atoms. The van der Waals surface area contributed by atoms with E-state index in [1.165, 1.54) is 0 Å². The number of hydrogen-bond donors (Lipinski definition) is 2. The molecule has 25 heavy (non-hydrogen) atoms. The van der Waals surface area contributed by atoms with Crippen molar-refractivity contribution in [2.45, 2.75) is 13.0 Å². The molecule has 0 atom stereocenters. The first-order valence-corrected chi connectivity index (χ1v) is 8.39. The van der Waals surface area contributed by atoms with E-state index in [2.05, 4.69) is 10.3 Å². The second-order valence-electron chi connectivity index (χ2n) is 6.09. The predicted octanol–water partition coefficient (Wildman–Crippen LogP) is 3.73. The van der Waals surface area contributed by atoms with Gasteiger partial charge in [0.2, 0.25) is 5.91 Å². The number of carbonyl (C=O) groups is 1. The average molecular weight is 350 g/mol. The molecule has 1 amide bonds. The van der Waals surface area contributed by atoms with Crippen molar-refractivity contribution in [1.29, 1.82) is 0 Å². The van der Waals surface area contributed by atoms with Crippen molar-refractivity contribution in [1.82, 2.24) is 10.3 Å². The monoisotopic (exact) mass is 349 g/mol. The molecule has 0 radical (unpaired) electrons. The number of hydrogen-bond acceptors (Lipinski definition) is 3. The number of nitrogen functional groups attached to an aromatic ring is 1. The van der Waals surface area contributed by atoms with E-state index in [0.29, 0.717) is 23.8 Å². The number of fused-ring (bicyclic) bond motifs is 2. The molecule has 0 unspecified atom stereocenters. The van der Waals surface area contributed by atoms with Gasteiger partial charge < -0.3 is 11.1 Å². The first-order chi connectivity index (χ1) is 12.1. The maximum absolute atomic E-state index is 12.5. The highest BCUT2D eigenvalue weighted by molar-refractivity contribution is 6.32. The lowest BCUT2D eigenvalue weighted by Crippen LogP contribution is -2.24. The smallest absolute Gasteiger partial charge is 0.247 e. The largest absolute Gasteiger partial charge is 0.383 e. The molecule has 124 valence electrons. The molecule has 0 spiro atoms. The summed E-state index contributed by atoms with van der Waals surface area (Å²) in [7, 11) is 0. The van der Waals surface area contributed by atoms with Gasteiger partial charge in [0.1, 0.15) is 5.82 Å². The van der Waals surface area contributed by atoms with E-state index in [1.807, 2.05) is 48.5 Å². The lowest BCUT2D eigenvalue weighted by atomic mass is 10.1. The van der Waals surface area contributed by atoms with Crippen LogP contribution in [0.25, 0.3) is 16.8 Å². The molecule has 0 fully saturated rings. The summed E-state index contributed by atoms with van der Waals surface area (Å²) in [6, 6.07) is 13.6. The van der Waals surface area contributed by atoms with Crippen molar-refractivity contribution in [3.05, 3.63) is 75.9 Å². The van der Waals surface area contributed by atoms with Crippen LogP contribution < -0.4 is 11.1 Å². The summed E-state index contributed by atoms with van der Waals surface area (Å²) in [4.78, 5) is 16.5. The maximum atomic E-state index is 12.5. The number of nitrogens with two attached hydrogens (primary N) is 1. The van der Waals surface area contributed by atoms with Gasteiger partial charge in [0, 0.05) is 35.1 Å². The third-order valence-electron chi connectivity index (χ3n) is 4.45. The van der Waals surface area contributed by atoms with Crippen molar-refractivity contribution in [2.75, 3.05) is 5.73 Å². The van der Waals surface area contributed by atoms with Gasteiger partial charge in [-0.2, -0.15) is 0 Å². The highest BCUT2D eigenvalue weighted by atomic mass is 35.5. The van der Waals surface area contributed by atoms with E-state index in [1.54, 1.807) is 6.20 Å². The van der Waals surface area contributed by atoms with Gasteiger partial charge in [0.25, 0.3) is 0 Å². The molecular weight excluding hydrogens is 334 g/mol. The number of rotatable bonds is 3. The number of pyridine rings is 1. The van der Waals surface area contributed by atoms with Gasteiger partial charge in [0.15, 0.2) is 0 Å². The van der Waals surface area contributed by atoms with Crippen LogP contribution >= 0.6 is 11.6 Å². The van der Waals surface area contributed by atoms with Crippen LogP contribution in [0.2, 0.25) is 5.02 Å². The Morgan fingerprint density at radius 2 is 2.12 bits per heavy atom. The van der Waals surface area contributed by atoms with Crippen molar-refractivity contribution in [2.24, 2.45) is 0 Å². The van der Waals surface area contributed by atoms with E-state index < -0.39 is 0 Å². The Bertz CT molecular complexity index is 1030. The van der Waals surface area contributed by atoms with Crippen LogP contribution in [0.4, 0.5) is 5.82 Å². The SMILES string of the molecule is Nc1nccc2cc(CNC(=O)C3=Cc4c(Cl)cccc4C3)ccc12. The van der Waals surface area contributed by atoms with Crippen molar-refractivity contribution >= 4 is 40.2 Å². The van der Waals surface area contributed by atoms with E-state index in [4.69, 9.17) is 17.3 Å². The van der Waals surface area contributed by atoms with Crippen LogP contribution in [0.3, 0.4) is 0 Å². The Kier molecular flexibility index (Phi) is 3.90. The molecule has 4 nitrogen and oxygen atoms in total. The molecule has 3 N–H and O–H groups in total. The van der Waals surface area contributed by atoms with Gasteiger partial charge >= 0.3 is 0 Å². The Balaban J connectivity index is 1.48. The first-order valence-electron chi connectivity index (χ1n) is 8.01. The Labute approximate surface area is 150 Å². The quantitative estimate of drug-likeness (QED) is 0.757. The van der Waals surface area contributed by atoms with Crippen LogP contribution in [0, 0.1) is 0 Å². The molecule has 1 heterocycles. The highest BCUT2D eigenvalue weighted by Crippen LogP contribution is 2.30. The molecule has 0 saturated carbocycles. The number of halogens is 1. The third-order valence-corrected chi connectivity index (χ3v) is 4.78. The lowest BCUT2D eigenvalue weighted by Gasteiger charge is -2.08. The van der Waals surface area contributed by atoms with E-state index >= 15 is 0 Å². The molecule has 3 aromatic rings. The summed E-state index contributed by atoms with van der Waals surface area (Å²) in [6.07, 6.45) is 4.17. The zero-order valence-corrected chi connectivity index (χ0v) is 14.2. The van der Waals surface area contributed by atoms with Crippen molar-refractivity contribution < 1.29 is 4.79 Å². The van der Waals surface area contributed by atoms with E-state index in [9.17, 15) is 4.79 Å². The number of nitrogens with zero attached hydrogens (tertiary/aromatic N) is 1. The molecule has 5 heteroatoms. The van der Waals surface area contributed by atoms with Crippen molar-refractivity contribution in [3.63, 3.8) is 0 Å². The van der Waals surface area contributed by atoms with Crippen LogP contribution in [-0.4, -0.2) is 10.9 Å². The Morgan fingerprint density at radius 1 is 1.24 bits per heavy atom. The van der Waals surface area contributed by atoms with Crippen LogP contribution in [-0.2, 0) is 17.8 Å². The van der Waals surface area contributed by atoms with Crippen LogP contribution in [0.15, 0.2) is 54.2 Å². The molecule has 4 rings (SSSR count). The number of carbonyl (C=O) groups excluding carboxylic acids is 1. The fraction of sp³-hybridized carbons (Fsp3) is 0.100. The summed E-state index contributed by atoms with van der Waals surface area (Å²) in [5.74, 6) is 0.445. The predicted molar refractivity (Wildman–Crippen MR) is 101 cm³/mol. The topological polar surface area (TPSA) is 68.0 Å². The van der Waals surface area contributed by atoms with Gasteiger partial charge in [-0.25, -0.2) is 4.98 Å². The first kappa shape index (κ1) is 15.7. The normalized spacial score (nSPS) is 12.8. The molecule has 2 aromatic carbocycles. The molecule has 0 aliphatic heterocycles. The molecular formula is C20H16ClN3O. The molecule has 1 aliphatic carbocycles. The zero-order valence-electron chi connectivity index (χ0n) is 13.4. The van der Waals surface area contributed by atoms with Crippen LogP contribution in [0.1, 0.15) is 16.7 Å². The highest BCUT2D eigenvalue weighted by Gasteiger charge is 2.19. The number of nitrogens with one attached hydrogen (secondary N) is 1. The number of aromatic nitrogens is 1. The maximum Gasteiger partial charge on any atom is 0.247 e. The summed E-state index contributed by atoms with van der Waals surface area (Å²) >= 11 is 6.19. The van der Waals surface area contributed by atoms with Gasteiger partial charge in [-0.15, -0.1) is 0 Å². The summed E-state index contributed by atoms with van der Waals surface area (Å²) in [6.45, 7) is 0.457.